The third-order valence-corrected chi connectivity index (χ3v) is 7.88. The van der Waals surface area contributed by atoms with Gasteiger partial charge in [0.15, 0.2) is 5.13 Å². The smallest absolute Gasteiger partial charge is 0.318 e. The molecule has 2 amide bonds. The first kappa shape index (κ1) is 20.7. The van der Waals surface area contributed by atoms with E-state index in [-0.39, 0.29) is 6.03 Å². The van der Waals surface area contributed by atoms with Crippen molar-refractivity contribution in [2.45, 2.75) is 63.3 Å². The SMILES string of the molecule is Cc1cnc(NC(=O)N(C2CCCC2)C2CCN(SCc3ccccc3)CC2)s1. The van der Waals surface area contributed by atoms with Crippen LogP contribution >= 0.6 is 23.3 Å². The minimum atomic E-state index is 0.0432. The first-order valence-corrected chi connectivity index (χ1v) is 12.4. The van der Waals surface area contributed by atoms with Crippen LogP contribution in [0.2, 0.25) is 0 Å². The Hall–Kier alpha value is -1.57. The highest BCUT2D eigenvalue weighted by Crippen LogP contribution is 2.31. The fourth-order valence-corrected chi connectivity index (χ4v) is 6.02. The van der Waals surface area contributed by atoms with Gasteiger partial charge >= 0.3 is 6.03 Å². The number of piperidine rings is 1. The summed E-state index contributed by atoms with van der Waals surface area (Å²) in [4.78, 5) is 20.8. The van der Waals surface area contributed by atoms with Crippen LogP contribution in [-0.2, 0) is 5.75 Å². The number of aromatic nitrogens is 1. The number of amides is 2. The fourth-order valence-electron chi connectivity index (χ4n) is 4.37. The van der Waals surface area contributed by atoms with Crippen molar-refractivity contribution in [3.05, 3.63) is 47.0 Å². The zero-order valence-electron chi connectivity index (χ0n) is 17.0. The third-order valence-electron chi connectivity index (χ3n) is 5.86. The highest BCUT2D eigenvalue weighted by molar-refractivity contribution is 7.96. The lowest BCUT2D eigenvalue weighted by molar-refractivity contribution is 0.127. The molecule has 0 atom stereocenters. The summed E-state index contributed by atoms with van der Waals surface area (Å²) in [6.45, 7) is 4.09. The van der Waals surface area contributed by atoms with Gasteiger partial charge in [-0.15, -0.1) is 11.3 Å². The fraction of sp³-hybridized carbons (Fsp3) is 0.545. The van der Waals surface area contributed by atoms with Gasteiger partial charge in [0.25, 0.3) is 0 Å². The second-order valence-electron chi connectivity index (χ2n) is 7.97. The highest BCUT2D eigenvalue weighted by Gasteiger charge is 2.35. The van der Waals surface area contributed by atoms with E-state index in [0.717, 1.165) is 49.4 Å². The number of carbonyl (C=O) groups is 1. The van der Waals surface area contributed by atoms with Crippen molar-refractivity contribution in [1.29, 1.82) is 0 Å². The molecule has 2 aromatic rings. The molecule has 29 heavy (non-hydrogen) atoms. The van der Waals surface area contributed by atoms with Crippen molar-refractivity contribution in [1.82, 2.24) is 14.2 Å². The van der Waals surface area contributed by atoms with Crippen LogP contribution in [0.25, 0.3) is 0 Å². The molecule has 2 heterocycles. The van der Waals surface area contributed by atoms with Gasteiger partial charge in [0, 0.05) is 42.0 Å². The van der Waals surface area contributed by atoms with E-state index in [2.05, 4.69) is 49.8 Å². The van der Waals surface area contributed by atoms with Crippen molar-refractivity contribution < 1.29 is 4.79 Å². The average molecular weight is 431 g/mol. The molecule has 2 fully saturated rings. The molecule has 0 spiro atoms. The predicted octanol–water partition coefficient (Wildman–Crippen LogP) is 5.54. The minimum Gasteiger partial charge on any atom is -0.318 e. The number of urea groups is 1. The van der Waals surface area contributed by atoms with E-state index < -0.39 is 0 Å². The second kappa shape index (κ2) is 9.96. The summed E-state index contributed by atoms with van der Waals surface area (Å²) in [7, 11) is 0. The zero-order chi connectivity index (χ0) is 20.1. The molecule has 1 aliphatic carbocycles. The normalized spacial score (nSPS) is 18.8. The van der Waals surface area contributed by atoms with E-state index in [9.17, 15) is 4.79 Å². The molecule has 7 heteroatoms. The number of aryl methyl sites for hydroxylation is 1. The van der Waals surface area contributed by atoms with Gasteiger partial charge in [-0.1, -0.05) is 55.1 Å². The second-order valence-corrected chi connectivity index (χ2v) is 10.3. The van der Waals surface area contributed by atoms with Crippen LogP contribution in [0.3, 0.4) is 0 Å². The summed E-state index contributed by atoms with van der Waals surface area (Å²) in [5.74, 6) is 1.02. The Morgan fingerprint density at radius 1 is 1.17 bits per heavy atom. The van der Waals surface area contributed by atoms with Gasteiger partial charge in [-0.3, -0.25) is 9.62 Å². The van der Waals surface area contributed by atoms with E-state index in [0.29, 0.717) is 17.2 Å². The number of thiazole rings is 1. The van der Waals surface area contributed by atoms with Crippen LogP contribution in [0.5, 0.6) is 0 Å². The Kier molecular flexibility index (Phi) is 7.11. The molecular formula is C22H30N4OS2. The highest BCUT2D eigenvalue weighted by atomic mass is 32.2. The van der Waals surface area contributed by atoms with Crippen molar-refractivity contribution in [3.8, 4) is 0 Å². The molecule has 1 saturated heterocycles. The Balaban J connectivity index is 1.34. The van der Waals surface area contributed by atoms with Crippen LogP contribution in [0.15, 0.2) is 36.5 Å². The standard InChI is InChI=1S/C22H30N4OS2/c1-17-15-23-21(29-17)24-22(27)26(19-9-5-6-10-19)20-11-13-25(14-12-20)28-16-18-7-3-2-4-8-18/h2-4,7-8,15,19-20H,5-6,9-14,16H2,1H3,(H,23,24,27). The lowest BCUT2D eigenvalue weighted by Gasteiger charge is -2.41. The van der Waals surface area contributed by atoms with Gasteiger partial charge in [0.1, 0.15) is 0 Å². The predicted molar refractivity (Wildman–Crippen MR) is 122 cm³/mol. The van der Waals surface area contributed by atoms with Gasteiger partial charge in [-0.25, -0.2) is 9.78 Å². The summed E-state index contributed by atoms with van der Waals surface area (Å²) >= 11 is 3.46. The topological polar surface area (TPSA) is 48.5 Å². The van der Waals surface area contributed by atoms with Crippen LogP contribution in [0.1, 0.15) is 49.0 Å². The lowest BCUT2D eigenvalue weighted by atomic mass is 10.0. The molecule has 0 unspecified atom stereocenters. The van der Waals surface area contributed by atoms with Crippen molar-refractivity contribution in [2.24, 2.45) is 0 Å². The van der Waals surface area contributed by atoms with E-state index in [1.807, 2.05) is 25.1 Å². The van der Waals surface area contributed by atoms with E-state index in [1.165, 1.54) is 18.4 Å². The molecule has 1 aliphatic heterocycles. The van der Waals surface area contributed by atoms with Crippen molar-refractivity contribution >= 4 is 34.4 Å². The lowest BCUT2D eigenvalue weighted by Crippen LogP contribution is -2.51. The largest absolute Gasteiger partial charge is 0.324 e. The third kappa shape index (κ3) is 5.53. The Morgan fingerprint density at radius 3 is 2.52 bits per heavy atom. The quantitative estimate of drug-likeness (QED) is 0.611. The molecule has 1 N–H and O–H groups in total. The number of hydrogen-bond acceptors (Lipinski definition) is 5. The molecule has 4 rings (SSSR count). The van der Waals surface area contributed by atoms with E-state index in [4.69, 9.17) is 0 Å². The first-order chi connectivity index (χ1) is 14.2. The maximum absolute atomic E-state index is 13.2. The molecular weight excluding hydrogens is 400 g/mol. The van der Waals surface area contributed by atoms with Gasteiger partial charge in [-0.05, 0) is 38.2 Å². The summed E-state index contributed by atoms with van der Waals surface area (Å²) in [5, 5.41) is 3.78. The first-order valence-electron chi connectivity index (χ1n) is 10.6. The molecule has 1 aromatic carbocycles. The Bertz CT molecular complexity index is 783. The Morgan fingerprint density at radius 2 is 1.86 bits per heavy atom. The van der Waals surface area contributed by atoms with Crippen LogP contribution in [-0.4, -0.2) is 45.4 Å². The van der Waals surface area contributed by atoms with Crippen LogP contribution in [0, 0.1) is 6.92 Å². The van der Waals surface area contributed by atoms with Crippen molar-refractivity contribution in [3.63, 3.8) is 0 Å². The summed E-state index contributed by atoms with van der Waals surface area (Å²) in [6.07, 6.45) is 8.64. The molecule has 5 nitrogen and oxygen atoms in total. The van der Waals surface area contributed by atoms with Gasteiger partial charge in [-0.2, -0.15) is 0 Å². The molecule has 1 aromatic heterocycles. The number of hydrogen-bond donors (Lipinski definition) is 1. The summed E-state index contributed by atoms with van der Waals surface area (Å²) < 4.78 is 2.47. The maximum Gasteiger partial charge on any atom is 0.324 e. The average Bonchev–Trinajstić information content (AvgIpc) is 3.40. The van der Waals surface area contributed by atoms with Gasteiger partial charge in [0.05, 0.1) is 0 Å². The van der Waals surface area contributed by atoms with Crippen LogP contribution < -0.4 is 5.32 Å². The number of nitrogens with one attached hydrogen (secondary N) is 1. The van der Waals surface area contributed by atoms with Gasteiger partial charge < -0.3 is 4.90 Å². The zero-order valence-corrected chi connectivity index (χ0v) is 18.7. The van der Waals surface area contributed by atoms with E-state index >= 15 is 0 Å². The number of benzene rings is 1. The number of carbonyl (C=O) groups excluding carboxylic acids is 1. The van der Waals surface area contributed by atoms with Crippen LogP contribution in [0.4, 0.5) is 9.93 Å². The minimum absolute atomic E-state index is 0.0432. The number of nitrogens with zero attached hydrogens (tertiary/aromatic N) is 3. The molecule has 1 saturated carbocycles. The van der Waals surface area contributed by atoms with Crippen molar-refractivity contribution in [2.75, 3.05) is 18.4 Å². The molecule has 0 radical (unpaired) electrons. The maximum atomic E-state index is 13.2. The summed E-state index contributed by atoms with van der Waals surface area (Å²) in [5.41, 5.74) is 1.37. The monoisotopic (exact) mass is 430 g/mol. The number of anilines is 1. The summed E-state index contributed by atoms with van der Waals surface area (Å²) in [6, 6.07) is 11.4. The van der Waals surface area contributed by atoms with E-state index in [1.54, 1.807) is 11.3 Å². The number of rotatable bonds is 6. The molecule has 156 valence electrons. The van der Waals surface area contributed by atoms with Gasteiger partial charge in [0.2, 0.25) is 0 Å². The molecule has 2 aliphatic rings. The molecule has 0 bridgehead atoms. The Labute approximate surface area is 182 Å².